The Balaban J connectivity index is 1.48. The predicted molar refractivity (Wildman–Crippen MR) is 133 cm³/mol. The summed E-state index contributed by atoms with van der Waals surface area (Å²) in [5, 5.41) is 0. The van der Waals surface area contributed by atoms with Crippen molar-refractivity contribution in [2.45, 2.75) is 75.1 Å². The number of hydrogen-bond donors (Lipinski definition) is 1. The standard InChI is InChI=1S/C26H30BrFN2O2S/c1-24(2,3)29-33(32)18-6-4-5-17(15-18)23(31)30-16-26(13-11-25(9-10-25)12-14-26)21-20(30)8-7-19(27)22(21)28/h4-8,15,29H,9-14,16H2,1-3H3. The Bertz CT molecular complexity index is 1150. The van der Waals surface area contributed by atoms with E-state index >= 15 is 4.39 Å². The molecule has 176 valence electrons. The molecule has 2 fully saturated rings. The molecule has 2 spiro atoms. The molecule has 1 unspecified atom stereocenters. The highest BCUT2D eigenvalue weighted by Gasteiger charge is 2.54. The lowest BCUT2D eigenvalue weighted by molar-refractivity contribution is 0.0980. The zero-order chi connectivity index (χ0) is 23.6. The van der Waals surface area contributed by atoms with Crippen molar-refractivity contribution in [3.05, 3.63) is 57.8 Å². The summed E-state index contributed by atoms with van der Waals surface area (Å²) in [6.07, 6.45) is 6.60. The fourth-order valence-electron chi connectivity index (χ4n) is 5.50. The van der Waals surface area contributed by atoms with Crippen LogP contribution >= 0.6 is 15.9 Å². The second kappa shape index (κ2) is 7.99. The molecule has 4 nitrogen and oxygen atoms in total. The molecule has 0 saturated heterocycles. The van der Waals surface area contributed by atoms with Gasteiger partial charge in [0.25, 0.3) is 5.91 Å². The first-order chi connectivity index (χ1) is 15.5. The quantitative estimate of drug-likeness (QED) is 0.507. The van der Waals surface area contributed by atoms with Crippen LogP contribution in [0.25, 0.3) is 0 Å². The number of carbonyl (C=O) groups excluding carboxylic acids is 1. The maximum Gasteiger partial charge on any atom is 0.258 e. The van der Waals surface area contributed by atoms with Gasteiger partial charge in [-0.2, -0.15) is 0 Å². The molecule has 1 atom stereocenters. The van der Waals surface area contributed by atoms with E-state index in [1.807, 2.05) is 26.8 Å². The summed E-state index contributed by atoms with van der Waals surface area (Å²) in [6, 6.07) is 10.5. The Morgan fingerprint density at radius 3 is 2.39 bits per heavy atom. The van der Waals surface area contributed by atoms with Gasteiger partial charge in [0.15, 0.2) is 0 Å². The minimum Gasteiger partial charge on any atom is -0.307 e. The third kappa shape index (κ3) is 4.21. The zero-order valence-corrected chi connectivity index (χ0v) is 21.7. The second-order valence-corrected chi connectivity index (χ2v) is 13.1. The highest BCUT2D eigenvalue weighted by molar-refractivity contribution is 9.10. The molecule has 2 saturated carbocycles. The fourth-order valence-corrected chi connectivity index (χ4v) is 6.94. The van der Waals surface area contributed by atoms with Crippen molar-refractivity contribution in [1.29, 1.82) is 0 Å². The molecule has 7 heteroatoms. The van der Waals surface area contributed by atoms with Gasteiger partial charge in [0.05, 0.1) is 15.1 Å². The van der Waals surface area contributed by atoms with Crippen LogP contribution in [0.5, 0.6) is 0 Å². The smallest absolute Gasteiger partial charge is 0.258 e. The Labute approximate surface area is 206 Å². The summed E-state index contributed by atoms with van der Waals surface area (Å²) >= 11 is 3.37. The highest BCUT2D eigenvalue weighted by Crippen LogP contribution is 2.62. The maximum absolute atomic E-state index is 15.5. The Kier molecular flexibility index (Phi) is 5.61. The van der Waals surface area contributed by atoms with Crippen molar-refractivity contribution in [2.24, 2.45) is 5.41 Å². The van der Waals surface area contributed by atoms with Crippen LogP contribution in [0.4, 0.5) is 10.1 Å². The SMILES string of the molecule is CC(C)(C)NS(=O)c1cccc(C(=O)N2CC3(CCC4(CC4)CC3)c3c2ccc(Br)c3F)c1. The number of nitrogens with one attached hydrogen (secondary N) is 1. The molecule has 0 aromatic heterocycles. The van der Waals surface area contributed by atoms with Crippen molar-refractivity contribution in [3.8, 4) is 0 Å². The van der Waals surface area contributed by atoms with Crippen molar-refractivity contribution in [3.63, 3.8) is 0 Å². The summed E-state index contributed by atoms with van der Waals surface area (Å²) in [6.45, 7) is 6.34. The van der Waals surface area contributed by atoms with E-state index in [4.69, 9.17) is 0 Å². The van der Waals surface area contributed by atoms with E-state index in [1.54, 1.807) is 35.2 Å². The average molecular weight is 534 g/mol. The lowest BCUT2D eigenvalue weighted by atomic mass is 9.66. The van der Waals surface area contributed by atoms with E-state index < -0.39 is 11.0 Å². The van der Waals surface area contributed by atoms with Gasteiger partial charge in [0, 0.05) is 28.6 Å². The van der Waals surface area contributed by atoms with Crippen LogP contribution in [0.2, 0.25) is 0 Å². The van der Waals surface area contributed by atoms with Crippen LogP contribution < -0.4 is 9.62 Å². The first-order valence-corrected chi connectivity index (χ1v) is 13.6. The molecule has 1 amide bonds. The number of fused-ring (bicyclic) bond motifs is 2. The van der Waals surface area contributed by atoms with E-state index in [9.17, 15) is 9.00 Å². The number of hydrogen-bond acceptors (Lipinski definition) is 2. The Hall–Kier alpha value is -1.57. The molecule has 1 heterocycles. The molecule has 2 aromatic rings. The summed E-state index contributed by atoms with van der Waals surface area (Å²) < 4.78 is 31.7. The van der Waals surface area contributed by atoms with E-state index in [0.717, 1.165) is 25.7 Å². The molecule has 33 heavy (non-hydrogen) atoms. The number of anilines is 1. The molecule has 2 aromatic carbocycles. The van der Waals surface area contributed by atoms with Gasteiger partial charge in [-0.15, -0.1) is 0 Å². The first kappa shape index (κ1) is 23.2. The van der Waals surface area contributed by atoms with Crippen molar-refractivity contribution in [1.82, 2.24) is 4.72 Å². The summed E-state index contributed by atoms with van der Waals surface area (Å²) in [5.74, 6) is -0.407. The Morgan fingerprint density at radius 1 is 1.09 bits per heavy atom. The van der Waals surface area contributed by atoms with Gasteiger partial charge in [-0.3, -0.25) is 4.79 Å². The Morgan fingerprint density at radius 2 is 1.76 bits per heavy atom. The zero-order valence-electron chi connectivity index (χ0n) is 19.3. The summed E-state index contributed by atoms with van der Waals surface area (Å²) in [7, 11) is -1.43. The monoisotopic (exact) mass is 532 g/mol. The topological polar surface area (TPSA) is 49.4 Å². The lowest BCUT2D eigenvalue weighted by Crippen LogP contribution is -2.40. The fraction of sp³-hybridized carbons (Fsp3) is 0.500. The summed E-state index contributed by atoms with van der Waals surface area (Å²) in [4.78, 5) is 16.0. The van der Waals surface area contributed by atoms with Crippen molar-refractivity contribution < 1.29 is 13.4 Å². The number of halogens is 2. The second-order valence-electron chi connectivity index (χ2n) is 11.1. The maximum atomic E-state index is 15.5. The largest absolute Gasteiger partial charge is 0.307 e. The third-order valence-electron chi connectivity index (χ3n) is 7.52. The van der Waals surface area contributed by atoms with Crippen LogP contribution in [0, 0.1) is 11.2 Å². The van der Waals surface area contributed by atoms with Crippen molar-refractivity contribution in [2.75, 3.05) is 11.4 Å². The molecule has 1 aliphatic heterocycles. The number of rotatable bonds is 3. The van der Waals surface area contributed by atoms with Gasteiger partial charge in [0.2, 0.25) is 0 Å². The van der Waals surface area contributed by atoms with Gasteiger partial charge in [-0.05, 0) is 111 Å². The molecule has 0 bridgehead atoms. The summed E-state index contributed by atoms with van der Waals surface area (Å²) in [5.41, 5.74) is 1.65. The predicted octanol–water partition coefficient (Wildman–Crippen LogP) is 6.25. The number of nitrogens with zero attached hydrogens (tertiary/aromatic N) is 1. The minimum atomic E-state index is -1.43. The molecular formula is C26H30BrFN2O2S. The van der Waals surface area contributed by atoms with E-state index in [1.165, 1.54) is 12.8 Å². The molecule has 1 N–H and O–H groups in total. The highest BCUT2D eigenvalue weighted by atomic mass is 79.9. The number of amides is 1. The van der Waals surface area contributed by atoms with Gasteiger partial charge >= 0.3 is 0 Å². The van der Waals surface area contributed by atoms with Crippen molar-refractivity contribution >= 4 is 38.5 Å². The number of benzene rings is 2. The van der Waals surface area contributed by atoms with Crippen LogP contribution in [0.3, 0.4) is 0 Å². The molecule has 0 radical (unpaired) electrons. The average Bonchev–Trinajstić information content (AvgIpc) is 3.46. The van der Waals surface area contributed by atoms with Gasteiger partial charge in [-0.1, -0.05) is 6.07 Å². The van der Waals surface area contributed by atoms with Gasteiger partial charge in [0.1, 0.15) is 16.8 Å². The number of carbonyl (C=O) groups is 1. The normalized spacial score (nSPS) is 21.3. The van der Waals surface area contributed by atoms with Gasteiger partial charge < -0.3 is 4.90 Å². The first-order valence-electron chi connectivity index (χ1n) is 11.6. The van der Waals surface area contributed by atoms with Crippen LogP contribution in [0.1, 0.15) is 75.2 Å². The van der Waals surface area contributed by atoms with Crippen LogP contribution in [-0.4, -0.2) is 22.2 Å². The van der Waals surface area contributed by atoms with E-state index in [2.05, 4.69) is 20.7 Å². The van der Waals surface area contributed by atoms with Gasteiger partial charge in [-0.25, -0.2) is 13.3 Å². The van der Waals surface area contributed by atoms with E-state index in [-0.39, 0.29) is 22.7 Å². The van der Waals surface area contributed by atoms with Crippen LogP contribution in [0.15, 0.2) is 45.8 Å². The minimum absolute atomic E-state index is 0.170. The van der Waals surface area contributed by atoms with Crippen LogP contribution in [-0.2, 0) is 16.4 Å². The molecule has 2 aliphatic carbocycles. The molecular weight excluding hydrogens is 503 g/mol. The van der Waals surface area contributed by atoms with E-state index in [0.29, 0.717) is 38.1 Å². The lowest BCUT2D eigenvalue weighted by Gasteiger charge is -2.38. The molecule has 3 aliphatic rings. The molecule has 5 rings (SSSR count). The third-order valence-corrected chi connectivity index (χ3v) is 9.61.